The zero-order valence-corrected chi connectivity index (χ0v) is 15.4. The molecule has 3 nitrogen and oxygen atoms in total. The van der Waals surface area contributed by atoms with Crippen molar-refractivity contribution in [1.29, 1.82) is 0 Å². The molecule has 3 rings (SSSR count). The first-order chi connectivity index (χ1) is 12.0. The topological polar surface area (TPSA) is 32.3 Å². The first-order valence-electron chi connectivity index (χ1n) is 9.23. The Morgan fingerprint density at radius 3 is 2.12 bits per heavy atom. The number of carbonyl (C=O) groups excluding carboxylic acids is 1. The molecule has 1 aliphatic heterocycles. The van der Waals surface area contributed by atoms with Crippen molar-refractivity contribution in [2.24, 2.45) is 11.8 Å². The van der Waals surface area contributed by atoms with Crippen molar-refractivity contribution in [3.63, 3.8) is 0 Å². The molecule has 1 aliphatic rings. The number of carbonyl (C=O) groups is 1. The highest BCUT2D eigenvalue weighted by Crippen LogP contribution is 2.23. The van der Waals surface area contributed by atoms with Gasteiger partial charge >= 0.3 is 0 Å². The molecule has 0 aromatic heterocycles. The van der Waals surface area contributed by atoms with Gasteiger partial charge in [-0.25, -0.2) is 0 Å². The Kier molecular flexibility index (Phi) is 5.42. The fourth-order valence-corrected chi connectivity index (χ4v) is 3.82. The lowest BCUT2D eigenvalue weighted by atomic mass is 9.91. The number of rotatable bonds is 4. The third kappa shape index (κ3) is 4.41. The number of likely N-dealkylation sites (tertiary alicyclic amines) is 1. The summed E-state index contributed by atoms with van der Waals surface area (Å²) in [5.41, 5.74) is 3.37. The van der Waals surface area contributed by atoms with Gasteiger partial charge < -0.3 is 10.2 Å². The lowest BCUT2D eigenvalue weighted by molar-refractivity contribution is -0.134. The van der Waals surface area contributed by atoms with Crippen molar-refractivity contribution in [2.45, 2.75) is 33.2 Å². The van der Waals surface area contributed by atoms with Crippen LogP contribution in [0.3, 0.4) is 0 Å². The average Bonchev–Trinajstić information content (AvgIpc) is 2.61. The van der Waals surface area contributed by atoms with Crippen LogP contribution in [-0.4, -0.2) is 29.9 Å². The second kappa shape index (κ2) is 7.73. The number of amides is 1. The molecule has 0 aliphatic carbocycles. The summed E-state index contributed by atoms with van der Waals surface area (Å²) >= 11 is 0. The number of hydrogen-bond donors (Lipinski definition) is 1. The van der Waals surface area contributed by atoms with Crippen molar-refractivity contribution in [3.05, 3.63) is 54.6 Å². The predicted octanol–water partition coefficient (Wildman–Crippen LogP) is 4.66. The molecule has 2 aromatic carbocycles. The van der Waals surface area contributed by atoms with Crippen molar-refractivity contribution in [1.82, 2.24) is 4.90 Å². The van der Waals surface area contributed by atoms with Crippen LogP contribution in [0, 0.1) is 11.8 Å². The van der Waals surface area contributed by atoms with E-state index in [9.17, 15) is 4.79 Å². The van der Waals surface area contributed by atoms with Gasteiger partial charge in [0.1, 0.15) is 6.04 Å². The fraction of sp³-hybridized carbons (Fsp3) is 0.409. The lowest BCUT2D eigenvalue weighted by Gasteiger charge is -2.36. The number of anilines is 1. The molecule has 0 radical (unpaired) electrons. The Labute approximate surface area is 151 Å². The van der Waals surface area contributed by atoms with Crippen LogP contribution < -0.4 is 5.32 Å². The molecule has 1 heterocycles. The van der Waals surface area contributed by atoms with Gasteiger partial charge in [0.05, 0.1) is 0 Å². The van der Waals surface area contributed by atoms with Gasteiger partial charge in [-0.1, -0.05) is 56.3 Å². The highest BCUT2D eigenvalue weighted by Gasteiger charge is 2.28. The van der Waals surface area contributed by atoms with E-state index in [1.807, 2.05) is 42.2 Å². The summed E-state index contributed by atoms with van der Waals surface area (Å²) in [5.74, 6) is 1.38. The van der Waals surface area contributed by atoms with E-state index in [2.05, 4.69) is 43.4 Å². The minimum Gasteiger partial charge on any atom is -0.374 e. The van der Waals surface area contributed by atoms with Gasteiger partial charge in [-0.15, -0.1) is 0 Å². The average molecular weight is 336 g/mol. The van der Waals surface area contributed by atoms with Crippen LogP contribution in [0.15, 0.2) is 54.6 Å². The van der Waals surface area contributed by atoms with E-state index in [0.29, 0.717) is 11.8 Å². The zero-order chi connectivity index (χ0) is 17.8. The number of benzene rings is 2. The Morgan fingerprint density at radius 1 is 0.960 bits per heavy atom. The molecule has 132 valence electrons. The summed E-state index contributed by atoms with van der Waals surface area (Å²) in [4.78, 5) is 14.8. The van der Waals surface area contributed by atoms with E-state index in [1.54, 1.807) is 0 Å². The smallest absolute Gasteiger partial charge is 0.244 e. The highest BCUT2D eigenvalue weighted by molar-refractivity contribution is 5.84. The quantitative estimate of drug-likeness (QED) is 0.881. The van der Waals surface area contributed by atoms with E-state index in [-0.39, 0.29) is 11.9 Å². The summed E-state index contributed by atoms with van der Waals surface area (Å²) in [6.45, 7) is 8.17. The van der Waals surface area contributed by atoms with Crippen LogP contribution in [0.25, 0.3) is 11.1 Å². The molecule has 0 unspecified atom stereocenters. The van der Waals surface area contributed by atoms with Crippen molar-refractivity contribution < 1.29 is 4.79 Å². The van der Waals surface area contributed by atoms with Crippen molar-refractivity contribution in [2.75, 3.05) is 18.4 Å². The van der Waals surface area contributed by atoms with E-state index < -0.39 is 0 Å². The minimum atomic E-state index is -0.208. The van der Waals surface area contributed by atoms with Crippen LogP contribution in [0.2, 0.25) is 0 Å². The van der Waals surface area contributed by atoms with Crippen molar-refractivity contribution >= 4 is 11.6 Å². The third-order valence-electron chi connectivity index (χ3n) is 4.93. The molecule has 25 heavy (non-hydrogen) atoms. The second-order valence-electron chi connectivity index (χ2n) is 7.50. The summed E-state index contributed by atoms with van der Waals surface area (Å²) in [5, 5.41) is 3.36. The normalized spacial score (nSPS) is 21.6. The third-order valence-corrected chi connectivity index (χ3v) is 4.93. The standard InChI is InChI=1S/C22H28N2O/c1-16-13-17(2)15-24(14-16)22(25)18(3)23-21-11-9-20(10-12-21)19-7-5-4-6-8-19/h4-12,16-18,23H,13-15H2,1-3H3/t16-,17-,18-/m1/s1. The van der Waals surface area contributed by atoms with Crippen molar-refractivity contribution in [3.8, 4) is 11.1 Å². The molecule has 1 fully saturated rings. The highest BCUT2D eigenvalue weighted by atomic mass is 16.2. The Hall–Kier alpha value is -2.29. The first-order valence-corrected chi connectivity index (χ1v) is 9.23. The van der Waals surface area contributed by atoms with E-state index in [4.69, 9.17) is 0 Å². The van der Waals surface area contributed by atoms with Crippen LogP contribution in [0.5, 0.6) is 0 Å². The second-order valence-corrected chi connectivity index (χ2v) is 7.50. The fourth-order valence-electron chi connectivity index (χ4n) is 3.82. The summed E-state index contributed by atoms with van der Waals surface area (Å²) in [6.07, 6.45) is 1.21. The van der Waals surface area contributed by atoms with Crippen LogP contribution in [-0.2, 0) is 4.79 Å². The van der Waals surface area contributed by atoms with Crippen LogP contribution >= 0.6 is 0 Å². The predicted molar refractivity (Wildman–Crippen MR) is 104 cm³/mol. The molecule has 1 N–H and O–H groups in total. The molecule has 2 aromatic rings. The summed E-state index contributed by atoms with van der Waals surface area (Å²) in [7, 11) is 0. The molecule has 0 bridgehead atoms. The molecule has 0 saturated carbocycles. The van der Waals surface area contributed by atoms with Crippen LogP contribution in [0.1, 0.15) is 27.2 Å². The zero-order valence-electron chi connectivity index (χ0n) is 15.4. The van der Waals surface area contributed by atoms with Gasteiger partial charge in [-0.3, -0.25) is 4.79 Å². The Bertz CT molecular complexity index is 686. The summed E-state index contributed by atoms with van der Waals surface area (Å²) < 4.78 is 0. The van der Waals surface area contributed by atoms with Crippen LogP contribution in [0.4, 0.5) is 5.69 Å². The maximum atomic E-state index is 12.7. The van der Waals surface area contributed by atoms with Gasteiger partial charge in [0.15, 0.2) is 0 Å². The van der Waals surface area contributed by atoms with E-state index >= 15 is 0 Å². The first kappa shape index (κ1) is 17.5. The minimum absolute atomic E-state index is 0.200. The SMILES string of the molecule is C[C@@H]1C[C@@H](C)CN(C(=O)[C@@H](C)Nc2ccc(-c3ccccc3)cc2)C1. The monoisotopic (exact) mass is 336 g/mol. The summed E-state index contributed by atoms with van der Waals surface area (Å²) in [6, 6.07) is 18.4. The Balaban J connectivity index is 1.62. The largest absolute Gasteiger partial charge is 0.374 e. The van der Waals surface area contributed by atoms with Gasteiger partial charge in [0.25, 0.3) is 0 Å². The van der Waals surface area contributed by atoms with E-state index in [1.165, 1.54) is 17.5 Å². The van der Waals surface area contributed by atoms with Gasteiger partial charge in [0.2, 0.25) is 5.91 Å². The number of hydrogen-bond acceptors (Lipinski definition) is 2. The molecular formula is C22H28N2O. The maximum Gasteiger partial charge on any atom is 0.244 e. The molecule has 0 spiro atoms. The van der Waals surface area contributed by atoms with Gasteiger partial charge in [-0.05, 0) is 48.4 Å². The molecule has 1 saturated heterocycles. The molecule has 1 amide bonds. The molecular weight excluding hydrogens is 308 g/mol. The van der Waals surface area contributed by atoms with Gasteiger partial charge in [-0.2, -0.15) is 0 Å². The maximum absolute atomic E-state index is 12.7. The Morgan fingerprint density at radius 2 is 1.52 bits per heavy atom. The lowest BCUT2D eigenvalue weighted by Crippen LogP contribution is -2.48. The van der Waals surface area contributed by atoms with E-state index in [0.717, 1.165) is 18.8 Å². The number of nitrogens with one attached hydrogen (secondary N) is 1. The molecule has 3 atom stereocenters. The molecule has 3 heteroatoms. The number of nitrogens with zero attached hydrogens (tertiary/aromatic N) is 1. The number of piperidine rings is 1. The van der Waals surface area contributed by atoms with Gasteiger partial charge in [0, 0.05) is 18.8 Å².